The molecule has 0 aliphatic carbocycles. The highest BCUT2D eigenvalue weighted by molar-refractivity contribution is 5.78. The van der Waals surface area contributed by atoms with Crippen molar-refractivity contribution in [2.45, 2.75) is 31.4 Å². The number of rotatable bonds is 4. The molecule has 1 aliphatic heterocycles. The van der Waals surface area contributed by atoms with Gasteiger partial charge >= 0.3 is 0 Å². The van der Waals surface area contributed by atoms with Crippen molar-refractivity contribution in [2.24, 2.45) is 5.73 Å². The molecule has 1 unspecified atom stereocenters. The molecule has 23 heavy (non-hydrogen) atoms. The second-order valence-corrected chi connectivity index (χ2v) is 6.39. The molecular weight excluding hydrogens is 294 g/mol. The number of pyridine rings is 1. The number of nitrogens with zero attached hydrogens (tertiary/aromatic N) is 1. The van der Waals surface area contributed by atoms with Gasteiger partial charge in [0.25, 0.3) is 5.56 Å². The minimum Gasteiger partial charge on any atom is -0.388 e. The summed E-state index contributed by atoms with van der Waals surface area (Å²) >= 11 is 0. The van der Waals surface area contributed by atoms with Gasteiger partial charge in [0.05, 0.1) is 12.0 Å². The van der Waals surface area contributed by atoms with Crippen molar-refractivity contribution in [1.82, 2.24) is 9.88 Å². The Bertz CT molecular complexity index is 786. The Morgan fingerprint density at radius 3 is 2.96 bits per heavy atom. The number of piperidine rings is 1. The Morgan fingerprint density at radius 2 is 2.17 bits per heavy atom. The first-order valence-corrected chi connectivity index (χ1v) is 7.79. The van der Waals surface area contributed by atoms with Crippen LogP contribution in [0.15, 0.2) is 35.1 Å². The molecule has 0 bridgehead atoms. The van der Waals surface area contributed by atoms with Gasteiger partial charge in [0.15, 0.2) is 0 Å². The van der Waals surface area contributed by atoms with E-state index in [9.17, 15) is 14.7 Å². The Labute approximate surface area is 133 Å². The second-order valence-electron chi connectivity index (χ2n) is 6.39. The highest BCUT2D eigenvalue weighted by Gasteiger charge is 2.34. The number of carbonyl (C=O) groups is 1. The van der Waals surface area contributed by atoms with E-state index < -0.39 is 11.5 Å². The molecule has 4 N–H and O–H groups in total. The number of amides is 1. The predicted octanol–water partition coefficient (Wildman–Crippen LogP) is 0.730. The summed E-state index contributed by atoms with van der Waals surface area (Å²) in [5.74, 6) is -0.502. The number of aromatic amines is 1. The van der Waals surface area contributed by atoms with Crippen LogP contribution in [0.1, 0.15) is 24.8 Å². The molecule has 1 aromatic heterocycles. The molecule has 2 aromatic rings. The van der Waals surface area contributed by atoms with E-state index in [1.54, 1.807) is 0 Å². The number of aromatic nitrogens is 1. The molecule has 6 heteroatoms. The van der Waals surface area contributed by atoms with E-state index in [0.717, 1.165) is 23.9 Å². The first-order valence-electron chi connectivity index (χ1n) is 7.79. The molecule has 0 saturated carbocycles. The molecular formula is C17H21N3O3. The van der Waals surface area contributed by atoms with Crippen LogP contribution in [0.5, 0.6) is 0 Å². The van der Waals surface area contributed by atoms with Gasteiger partial charge in [0.2, 0.25) is 5.91 Å². The largest absolute Gasteiger partial charge is 0.388 e. The molecule has 1 saturated heterocycles. The average molecular weight is 315 g/mol. The molecule has 6 nitrogen and oxygen atoms in total. The van der Waals surface area contributed by atoms with Crippen molar-refractivity contribution in [2.75, 3.05) is 13.1 Å². The zero-order valence-corrected chi connectivity index (χ0v) is 12.9. The van der Waals surface area contributed by atoms with Crippen LogP contribution in [0.4, 0.5) is 0 Å². The number of nitrogens with one attached hydrogen (secondary N) is 1. The zero-order valence-electron chi connectivity index (χ0n) is 12.9. The lowest BCUT2D eigenvalue weighted by Crippen LogP contribution is -2.50. The van der Waals surface area contributed by atoms with Gasteiger partial charge < -0.3 is 15.8 Å². The number of primary amides is 1. The van der Waals surface area contributed by atoms with Gasteiger partial charge in [0, 0.05) is 24.2 Å². The van der Waals surface area contributed by atoms with Crippen molar-refractivity contribution in [3.05, 3.63) is 46.2 Å². The molecule has 0 radical (unpaired) electrons. The molecule has 2 heterocycles. The number of likely N-dealkylation sites (tertiary alicyclic amines) is 1. The quantitative estimate of drug-likeness (QED) is 0.774. The fourth-order valence-electron chi connectivity index (χ4n) is 3.36. The maximum absolute atomic E-state index is 12.2. The van der Waals surface area contributed by atoms with Crippen molar-refractivity contribution < 1.29 is 9.90 Å². The number of hydrogen-bond donors (Lipinski definition) is 3. The highest BCUT2D eigenvalue weighted by Crippen LogP contribution is 2.25. The van der Waals surface area contributed by atoms with Crippen LogP contribution in [-0.4, -0.2) is 39.6 Å². The summed E-state index contributed by atoms with van der Waals surface area (Å²) in [6.45, 7) is 1.58. The second kappa shape index (κ2) is 6.14. The minimum atomic E-state index is -1.09. The number of fused-ring (bicyclic) bond motifs is 1. The molecule has 0 spiro atoms. The van der Waals surface area contributed by atoms with Crippen LogP contribution >= 0.6 is 0 Å². The summed E-state index contributed by atoms with van der Waals surface area (Å²) in [6, 6.07) is 9.51. The number of H-pyrrole nitrogens is 1. The van der Waals surface area contributed by atoms with Crippen molar-refractivity contribution in [3.63, 3.8) is 0 Å². The Hall–Kier alpha value is -2.18. The van der Waals surface area contributed by atoms with E-state index in [1.807, 2.05) is 35.2 Å². The third-order valence-corrected chi connectivity index (χ3v) is 4.36. The van der Waals surface area contributed by atoms with Gasteiger partial charge in [-0.1, -0.05) is 18.2 Å². The number of carbonyl (C=O) groups excluding carboxylic acids is 1. The van der Waals surface area contributed by atoms with E-state index in [4.69, 9.17) is 5.73 Å². The first kappa shape index (κ1) is 15.7. The topological polar surface area (TPSA) is 99.4 Å². The monoisotopic (exact) mass is 315 g/mol. The van der Waals surface area contributed by atoms with E-state index in [-0.39, 0.29) is 12.0 Å². The number of nitrogens with two attached hydrogens (primary N) is 1. The summed E-state index contributed by atoms with van der Waals surface area (Å²) in [6.07, 6.45) is 1.29. The minimum absolute atomic E-state index is 0.0441. The van der Waals surface area contributed by atoms with Crippen LogP contribution < -0.4 is 11.3 Å². The van der Waals surface area contributed by atoms with Gasteiger partial charge in [-0.2, -0.15) is 0 Å². The first-order chi connectivity index (χ1) is 11.0. The van der Waals surface area contributed by atoms with E-state index in [0.29, 0.717) is 25.1 Å². The molecule has 1 aliphatic rings. The summed E-state index contributed by atoms with van der Waals surface area (Å²) in [4.78, 5) is 28.2. The van der Waals surface area contributed by atoms with E-state index in [2.05, 4.69) is 4.98 Å². The van der Waals surface area contributed by atoms with Crippen LogP contribution in [0.25, 0.3) is 10.9 Å². The van der Waals surface area contributed by atoms with Crippen LogP contribution in [0.2, 0.25) is 0 Å². The lowest BCUT2D eigenvalue weighted by molar-refractivity contribution is -0.125. The number of para-hydroxylation sites is 1. The maximum atomic E-state index is 12.2. The number of aliphatic hydroxyl groups is 1. The lowest BCUT2D eigenvalue weighted by atomic mass is 9.89. The van der Waals surface area contributed by atoms with Gasteiger partial charge in [-0.15, -0.1) is 0 Å². The molecule has 122 valence electrons. The zero-order chi connectivity index (χ0) is 16.4. The fraction of sp³-hybridized carbons (Fsp3) is 0.412. The predicted molar refractivity (Wildman–Crippen MR) is 87.8 cm³/mol. The number of β-amino-alcohol motifs (C(OH)–C–C–N with tert-alkyl or cyclic N) is 1. The lowest BCUT2D eigenvalue weighted by Gasteiger charge is -2.38. The number of hydrogen-bond acceptors (Lipinski definition) is 4. The van der Waals surface area contributed by atoms with Crippen molar-refractivity contribution >= 4 is 16.8 Å². The molecule has 3 rings (SSSR count). The van der Waals surface area contributed by atoms with Gasteiger partial charge in [-0.3, -0.25) is 14.5 Å². The van der Waals surface area contributed by atoms with E-state index >= 15 is 0 Å². The Balaban J connectivity index is 1.80. The molecule has 1 atom stereocenters. The SMILES string of the molecule is NC(=O)CC1(O)CCCN(Cc2cc3ccccc3[nH]c2=O)C1. The van der Waals surface area contributed by atoms with E-state index in [1.165, 1.54) is 0 Å². The average Bonchev–Trinajstić information content (AvgIpc) is 2.47. The summed E-state index contributed by atoms with van der Waals surface area (Å²) < 4.78 is 0. The third kappa shape index (κ3) is 3.60. The molecule has 1 fully saturated rings. The normalized spacial score (nSPS) is 22.3. The van der Waals surface area contributed by atoms with Gasteiger partial charge in [-0.25, -0.2) is 0 Å². The summed E-state index contributed by atoms with van der Waals surface area (Å²) in [5, 5.41) is 11.5. The van der Waals surface area contributed by atoms with Crippen LogP contribution in [-0.2, 0) is 11.3 Å². The van der Waals surface area contributed by atoms with Crippen molar-refractivity contribution in [3.8, 4) is 0 Å². The fourth-order valence-corrected chi connectivity index (χ4v) is 3.36. The smallest absolute Gasteiger partial charge is 0.252 e. The van der Waals surface area contributed by atoms with Crippen molar-refractivity contribution in [1.29, 1.82) is 0 Å². The van der Waals surface area contributed by atoms with Crippen LogP contribution in [0.3, 0.4) is 0 Å². The summed E-state index contributed by atoms with van der Waals surface area (Å²) in [5.41, 5.74) is 5.48. The molecule has 1 amide bonds. The van der Waals surface area contributed by atoms with Crippen LogP contribution in [0, 0.1) is 0 Å². The van der Waals surface area contributed by atoms with Gasteiger partial charge in [-0.05, 0) is 36.9 Å². The number of benzene rings is 1. The third-order valence-electron chi connectivity index (χ3n) is 4.36. The highest BCUT2D eigenvalue weighted by atomic mass is 16.3. The Kier molecular flexibility index (Phi) is 4.19. The maximum Gasteiger partial charge on any atom is 0.252 e. The van der Waals surface area contributed by atoms with Gasteiger partial charge in [0.1, 0.15) is 0 Å². The Morgan fingerprint density at radius 1 is 1.39 bits per heavy atom. The standard InChI is InChI=1S/C17H21N3O3/c18-15(21)9-17(23)6-3-7-20(11-17)10-13-8-12-4-1-2-5-14(12)19-16(13)22/h1-2,4-5,8,23H,3,6-7,9-11H2,(H2,18,21)(H,19,22). The summed E-state index contributed by atoms with van der Waals surface area (Å²) in [7, 11) is 0. The molecule has 1 aromatic carbocycles.